The Balaban J connectivity index is 1.96. The van der Waals surface area contributed by atoms with E-state index in [1.807, 2.05) is 0 Å². The van der Waals surface area contributed by atoms with Crippen LogP contribution in [0.2, 0.25) is 0 Å². The Labute approximate surface area is 150 Å². The summed E-state index contributed by atoms with van der Waals surface area (Å²) < 4.78 is 57.8. The maximum absolute atomic E-state index is 13.5. The second kappa shape index (κ2) is 6.71. The van der Waals surface area contributed by atoms with Gasteiger partial charge in [0.05, 0.1) is 11.8 Å². The van der Waals surface area contributed by atoms with Crippen LogP contribution in [0.5, 0.6) is 0 Å². The molecule has 140 valence electrons. The Morgan fingerprint density at radius 1 is 1.19 bits per heavy atom. The molecule has 0 aliphatic rings. The molecule has 0 saturated heterocycles. The van der Waals surface area contributed by atoms with Crippen molar-refractivity contribution in [1.82, 2.24) is 10.1 Å². The summed E-state index contributed by atoms with van der Waals surface area (Å²) in [5, 5.41) is 5.91. The molecule has 0 aliphatic carbocycles. The fraction of sp³-hybridized carbons (Fsp3) is 0.118. The number of rotatable bonds is 3. The molecule has 1 aromatic carbocycles. The number of nitrogen functional groups attached to an aromatic ring is 1. The number of anilines is 2. The van der Waals surface area contributed by atoms with E-state index in [1.54, 1.807) is 0 Å². The predicted octanol–water partition coefficient (Wildman–Crippen LogP) is 4.04. The van der Waals surface area contributed by atoms with Gasteiger partial charge in [0.15, 0.2) is 0 Å². The van der Waals surface area contributed by atoms with E-state index in [1.165, 1.54) is 25.3 Å². The number of nitrogens with zero attached hydrogens (tertiary/aromatic N) is 2. The standard InChI is InChI=1S/C17H12F4N4O2/c1-8-12(7-23-27-8)16(26)25-14-5-3-10(15(22)24-14)11-6-9(18)2-4-13(11)17(19,20)21/h2-7H,1H3,(H3,22,24,25,26). The number of aromatic nitrogens is 2. The normalized spacial score (nSPS) is 11.4. The summed E-state index contributed by atoms with van der Waals surface area (Å²) in [5.74, 6) is -1.43. The van der Waals surface area contributed by atoms with Crippen molar-refractivity contribution in [2.24, 2.45) is 0 Å². The minimum absolute atomic E-state index is 0.00631. The predicted molar refractivity (Wildman–Crippen MR) is 88.2 cm³/mol. The Bertz CT molecular complexity index is 1010. The number of carbonyl (C=O) groups is 1. The van der Waals surface area contributed by atoms with Gasteiger partial charge in [-0.15, -0.1) is 0 Å². The van der Waals surface area contributed by atoms with Gasteiger partial charge in [0.25, 0.3) is 5.91 Å². The third kappa shape index (κ3) is 3.73. The van der Waals surface area contributed by atoms with Crippen LogP contribution in [0.3, 0.4) is 0 Å². The van der Waals surface area contributed by atoms with Gasteiger partial charge < -0.3 is 15.6 Å². The molecular formula is C17H12F4N4O2. The summed E-state index contributed by atoms with van der Waals surface area (Å²) >= 11 is 0. The van der Waals surface area contributed by atoms with Crippen LogP contribution in [0.15, 0.2) is 41.1 Å². The monoisotopic (exact) mass is 380 g/mol. The van der Waals surface area contributed by atoms with Gasteiger partial charge in [-0.3, -0.25) is 4.79 Å². The number of nitrogens with two attached hydrogens (primary N) is 1. The fourth-order valence-electron chi connectivity index (χ4n) is 2.46. The van der Waals surface area contributed by atoms with Crippen LogP contribution < -0.4 is 11.1 Å². The molecule has 2 aromatic heterocycles. The zero-order chi connectivity index (χ0) is 19.8. The Morgan fingerprint density at radius 3 is 2.52 bits per heavy atom. The topological polar surface area (TPSA) is 94.0 Å². The van der Waals surface area contributed by atoms with Gasteiger partial charge in [0.1, 0.15) is 28.8 Å². The average molecular weight is 380 g/mol. The number of carbonyl (C=O) groups excluding carboxylic acids is 1. The van der Waals surface area contributed by atoms with E-state index < -0.39 is 29.0 Å². The summed E-state index contributed by atoms with van der Waals surface area (Å²) in [6.07, 6.45) is -3.49. The van der Waals surface area contributed by atoms with Crippen LogP contribution in [0.25, 0.3) is 11.1 Å². The SMILES string of the molecule is Cc1oncc1C(=O)Nc1ccc(-c2cc(F)ccc2C(F)(F)F)c(N)n1. The molecule has 0 unspecified atom stereocenters. The lowest BCUT2D eigenvalue weighted by molar-refractivity contribution is -0.137. The lowest BCUT2D eigenvalue weighted by Gasteiger charge is -2.15. The summed E-state index contributed by atoms with van der Waals surface area (Å²) in [7, 11) is 0. The molecular weight excluding hydrogens is 368 g/mol. The lowest BCUT2D eigenvalue weighted by atomic mass is 9.99. The minimum Gasteiger partial charge on any atom is -0.383 e. The summed E-state index contributed by atoms with van der Waals surface area (Å²) in [5.41, 5.74) is 4.33. The summed E-state index contributed by atoms with van der Waals surface area (Å²) in [6, 6.07) is 4.56. The Hall–Kier alpha value is -3.43. The Kier molecular flexibility index (Phi) is 4.56. The highest BCUT2D eigenvalue weighted by molar-refractivity contribution is 6.04. The largest absolute Gasteiger partial charge is 0.417 e. The highest BCUT2D eigenvalue weighted by Gasteiger charge is 2.34. The molecule has 0 atom stereocenters. The first-order valence-electron chi connectivity index (χ1n) is 7.53. The zero-order valence-corrected chi connectivity index (χ0v) is 13.8. The summed E-state index contributed by atoms with van der Waals surface area (Å²) in [4.78, 5) is 16.0. The second-order valence-corrected chi connectivity index (χ2v) is 5.57. The maximum Gasteiger partial charge on any atom is 0.417 e. The number of alkyl halides is 3. The molecule has 3 rings (SSSR count). The quantitative estimate of drug-likeness (QED) is 0.669. The van der Waals surface area contributed by atoms with Crippen LogP contribution in [0, 0.1) is 12.7 Å². The maximum atomic E-state index is 13.5. The average Bonchev–Trinajstić information content (AvgIpc) is 3.00. The van der Waals surface area contributed by atoms with Crippen molar-refractivity contribution in [3.05, 3.63) is 59.2 Å². The van der Waals surface area contributed by atoms with Gasteiger partial charge in [-0.25, -0.2) is 9.37 Å². The number of hydrogen-bond acceptors (Lipinski definition) is 5. The number of hydrogen-bond donors (Lipinski definition) is 2. The number of benzene rings is 1. The zero-order valence-electron chi connectivity index (χ0n) is 13.8. The number of pyridine rings is 1. The minimum atomic E-state index is -4.70. The van der Waals surface area contributed by atoms with E-state index in [4.69, 9.17) is 10.3 Å². The number of aryl methyl sites for hydroxylation is 1. The molecule has 0 fully saturated rings. The molecule has 0 saturated carbocycles. The van der Waals surface area contributed by atoms with Crippen LogP contribution in [0.4, 0.5) is 29.2 Å². The lowest BCUT2D eigenvalue weighted by Crippen LogP contribution is -2.14. The molecule has 2 heterocycles. The first-order valence-corrected chi connectivity index (χ1v) is 7.53. The first-order chi connectivity index (χ1) is 12.7. The highest BCUT2D eigenvalue weighted by atomic mass is 19.4. The van der Waals surface area contributed by atoms with Gasteiger partial charge in [0.2, 0.25) is 0 Å². The van der Waals surface area contributed by atoms with E-state index >= 15 is 0 Å². The van der Waals surface area contributed by atoms with Crippen molar-refractivity contribution in [3.63, 3.8) is 0 Å². The third-order valence-corrected chi connectivity index (χ3v) is 3.74. The van der Waals surface area contributed by atoms with E-state index in [9.17, 15) is 22.4 Å². The van der Waals surface area contributed by atoms with E-state index in [0.717, 1.165) is 6.07 Å². The summed E-state index contributed by atoms with van der Waals surface area (Å²) in [6.45, 7) is 1.54. The van der Waals surface area contributed by atoms with E-state index in [2.05, 4.69) is 15.5 Å². The van der Waals surface area contributed by atoms with Crippen LogP contribution in [0.1, 0.15) is 21.7 Å². The molecule has 10 heteroatoms. The van der Waals surface area contributed by atoms with E-state index in [-0.39, 0.29) is 28.5 Å². The molecule has 0 spiro atoms. The van der Waals surface area contributed by atoms with Gasteiger partial charge in [-0.1, -0.05) is 5.16 Å². The number of nitrogens with one attached hydrogen (secondary N) is 1. The second-order valence-electron chi connectivity index (χ2n) is 5.57. The fourth-order valence-corrected chi connectivity index (χ4v) is 2.46. The first kappa shape index (κ1) is 18.4. The molecule has 3 N–H and O–H groups in total. The molecule has 0 aliphatic heterocycles. The molecule has 27 heavy (non-hydrogen) atoms. The highest BCUT2D eigenvalue weighted by Crippen LogP contribution is 2.39. The van der Waals surface area contributed by atoms with Crippen molar-refractivity contribution in [2.45, 2.75) is 13.1 Å². The van der Waals surface area contributed by atoms with Crippen molar-refractivity contribution >= 4 is 17.5 Å². The van der Waals surface area contributed by atoms with Gasteiger partial charge >= 0.3 is 6.18 Å². The van der Waals surface area contributed by atoms with Crippen LogP contribution in [-0.2, 0) is 6.18 Å². The molecule has 1 amide bonds. The molecule has 0 radical (unpaired) electrons. The van der Waals surface area contributed by atoms with E-state index in [0.29, 0.717) is 12.1 Å². The van der Waals surface area contributed by atoms with Gasteiger partial charge in [-0.2, -0.15) is 13.2 Å². The molecule has 6 nitrogen and oxygen atoms in total. The van der Waals surface area contributed by atoms with Crippen molar-refractivity contribution in [1.29, 1.82) is 0 Å². The number of amides is 1. The number of halogens is 4. The molecule has 3 aromatic rings. The van der Waals surface area contributed by atoms with Crippen LogP contribution >= 0.6 is 0 Å². The van der Waals surface area contributed by atoms with Crippen molar-refractivity contribution in [2.75, 3.05) is 11.1 Å². The van der Waals surface area contributed by atoms with Crippen LogP contribution in [-0.4, -0.2) is 16.0 Å². The van der Waals surface area contributed by atoms with Crippen molar-refractivity contribution in [3.8, 4) is 11.1 Å². The molecule has 0 bridgehead atoms. The Morgan fingerprint density at radius 2 is 1.93 bits per heavy atom. The third-order valence-electron chi connectivity index (χ3n) is 3.74. The van der Waals surface area contributed by atoms with Gasteiger partial charge in [0, 0.05) is 11.1 Å². The van der Waals surface area contributed by atoms with Crippen molar-refractivity contribution < 1.29 is 26.9 Å². The van der Waals surface area contributed by atoms with Gasteiger partial charge in [-0.05, 0) is 37.3 Å². The smallest absolute Gasteiger partial charge is 0.383 e.